The average Bonchev–Trinajstić information content (AvgIpc) is 2.86. The first-order valence-corrected chi connectivity index (χ1v) is 11.5. The van der Waals surface area contributed by atoms with Gasteiger partial charge in [0.2, 0.25) is 0 Å². The van der Waals surface area contributed by atoms with Crippen LogP contribution >= 0.6 is 0 Å². The molecule has 2 aromatic carbocycles. The number of aryl methyl sites for hydroxylation is 1. The van der Waals surface area contributed by atoms with Crippen LogP contribution in [-0.2, 0) is 31.1 Å². The predicted molar refractivity (Wildman–Crippen MR) is 131 cm³/mol. The minimum Gasteiger partial charge on any atom is -0.465 e. The van der Waals surface area contributed by atoms with E-state index in [2.05, 4.69) is 15.3 Å². The maximum Gasteiger partial charge on any atom is 0.318 e. The molecule has 0 aliphatic rings. The van der Waals surface area contributed by atoms with E-state index >= 15 is 0 Å². The highest BCUT2D eigenvalue weighted by Crippen LogP contribution is 2.34. The number of nitrogens with one attached hydrogen (secondary N) is 1. The van der Waals surface area contributed by atoms with E-state index in [4.69, 9.17) is 9.47 Å². The van der Waals surface area contributed by atoms with Gasteiger partial charge in [-0.05, 0) is 44.4 Å². The summed E-state index contributed by atoms with van der Waals surface area (Å²) in [5, 5.41) is 3.22. The standard InChI is InChI=1S/C27H31N3O4/c1-4-27(26(32)33-5-2,16-15-25(31)34-19-21-9-7-6-8-10-21)23-17-28-18-24(30-23)29-22-13-11-20(3)12-14-22/h6-14,17-18H,4-5,15-16,19H2,1-3H3,(H,29,30). The summed E-state index contributed by atoms with van der Waals surface area (Å²) in [6.45, 7) is 6.08. The van der Waals surface area contributed by atoms with Crippen LogP contribution in [0, 0.1) is 6.92 Å². The summed E-state index contributed by atoms with van der Waals surface area (Å²) in [6, 6.07) is 17.4. The second-order valence-electron chi connectivity index (χ2n) is 8.08. The maximum absolute atomic E-state index is 13.1. The van der Waals surface area contributed by atoms with Crippen LogP contribution < -0.4 is 5.32 Å². The lowest BCUT2D eigenvalue weighted by atomic mass is 9.77. The lowest BCUT2D eigenvalue weighted by Gasteiger charge is -2.29. The van der Waals surface area contributed by atoms with Crippen molar-refractivity contribution in [2.75, 3.05) is 11.9 Å². The lowest BCUT2D eigenvalue weighted by Crippen LogP contribution is -2.39. The zero-order valence-corrected chi connectivity index (χ0v) is 19.9. The largest absolute Gasteiger partial charge is 0.465 e. The highest BCUT2D eigenvalue weighted by atomic mass is 16.5. The van der Waals surface area contributed by atoms with Gasteiger partial charge < -0.3 is 14.8 Å². The van der Waals surface area contributed by atoms with Crippen LogP contribution in [0.25, 0.3) is 0 Å². The smallest absolute Gasteiger partial charge is 0.318 e. The first kappa shape index (κ1) is 24.9. The molecule has 3 rings (SSSR count). The first-order chi connectivity index (χ1) is 16.5. The van der Waals surface area contributed by atoms with Crippen molar-refractivity contribution in [3.8, 4) is 0 Å². The Morgan fingerprint density at radius 3 is 2.38 bits per heavy atom. The number of anilines is 2. The van der Waals surface area contributed by atoms with Crippen LogP contribution in [0.3, 0.4) is 0 Å². The van der Waals surface area contributed by atoms with E-state index in [0.717, 1.165) is 16.8 Å². The number of ether oxygens (including phenoxy) is 2. The summed E-state index contributed by atoms with van der Waals surface area (Å²) in [5.74, 6) is -0.293. The third kappa shape index (κ3) is 6.41. The zero-order chi connectivity index (χ0) is 24.4. The van der Waals surface area contributed by atoms with Crippen LogP contribution in [0.5, 0.6) is 0 Å². The monoisotopic (exact) mass is 461 g/mol. The zero-order valence-electron chi connectivity index (χ0n) is 19.9. The molecule has 0 bridgehead atoms. The van der Waals surface area contributed by atoms with Gasteiger partial charge in [0.15, 0.2) is 0 Å². The highest BCUT2D eigenvalue weighted by molar-refractivity contribution is 5.83. The van der Waals surface area contributed by atoms with E-state index in [-0.39, 0.29) is 32.0 Å². The van der Waals surface area contributed by atoms with Gasteiger partial charge in [0.1, 0.15) is 17.8 Å². The number of benzene rings is 2. The number of carbonyl (C=O) groups is 2. The molecule has 1 atom stereocenters. The van der Waals surface area contributed by atoms with Crippen molar-refractivity contribution in [1.29, 1.82) is 0 Å². The molecule has 1 heterocycles. The summed E-state index contributed by atoms with van der Waals surface area (Å²) >= 11 is 0. The van der Waals surface area contributed by atoms with Crippen molar-refractivity contribution in [3.63, 3.8) is 0 Å². The van der Waals surface area contributed by atoms with E-state index in [1.54, 1.807) is 19.3 Å². The Morgan fingerprint density at radius 2 is 1.71 bits per heavy atom. The molecule has 178 valence electrons. The normalized spacial score (nSPS) is 12.4. The Bertz CT molecular complexity index is 1090. The lowest BCUT2D eigenvalue weighted by molar-refractivity contribution is -0.152. The molecule has 0 saturated heterocycles. The number of nitrogens with zero attached hydrogens (tertiary/aromatic N) is 2. The summed E-state index contributed by atoms with van der Waals surface area (Å²) < 4.78 is 10.8. The minimum absolute atomic E-state index is 0.0524. The summed E-state index contributed by atoms with van der Waals surface area (Å²) in [4.78, 5) is 34.6. The van der Waals surface area contributed by atoms with Crippen LogP contribution in [0.4, 0.5) is 11.5 Å². The van der Waals surface area contributed by atoms with Crippen molar-refractivity contribution >= 4 is 23.4 Å². The van der Waals surface area contributed by atoms with Gasteiger partial charge in [0.25, 0.3) is 0 Å². The van der Waals surface area contributed by atoms with Crippen LogP contribution in [0.1, 0.15) is 49.9 Å². The second kappa shape index (κ2) is 11.9. The maximum atomic E-state index is 13.1. The fourth-order valence-electron chi connectivity index (χ4n) is 3.67. The van der Waals surface area contributed by atoms with E-state index in [0.29, 0.717) is 17.9 Å². The third-order valence-corrected chi connectivity index (χ3v) is 5.72. The molecule has 0 saturated carbocycles. The summed E-state index contributed by atoms with van der Waals surface area (Å²) in [7, 11) is 0. The predicted octanol–water partition coefficient (Wildman–Crippen LogP) is 5.26. The Hall–Kier alpha value is -3.74. The minimum atomic E-state index is -1.11. The van der Waals surface area contributed by atoms with E-state index in [1.807, 2.05) is 68.4 Å². The van der Waals surface area contributed by atoms with Crippen molar-refractivity contribution in [2.45, 2.75) is 52.1 Å². The van der Waals surface area contributed by atoms with Gasteiger partial charge in [-0.15, -0.1) is 0 Å². The van der Waals surface area contributed by atoms with Gasteiger partial charge in [-0.2, -0.15) is 0 Å². The van der Waals surface area contributed by atoms with Crippen molar-refractivity contribution in [3.05, 3.63) is 83.8 Å². The highest BCUT2D eigenvalue weighted by Gasteiger charge is 2.42. The van der Waals surface area contributed by atoms with Crippen LogP contribution in [0.2, 0.25) is 0 Å². The number of aromatic nitrogens is 2. The molecule has 0 spiro atoms. The molecule has 0 fully saturated rings. The van der Waals surface area contributed by atoms with Gasteiger partial charge in [-0.1, -0.05) is 55.0 Å². The Labute approximate surface area is 200 Å². The molecule has 1 aromatic heterocycles. The molecule has 3 aromatic rings. The topological polar surface area (TPSA) is 90.4 Å². The Balaban J connectivity index is 1.78. The van der Waals surface area contributed by atoms with Crippen molar-refractivity contribution < 1.29 is 19.1 Å². The molecule has 0 aliphatic carbocycles. The Morgan fingerprint density at radius 1 is 0.971 bits per heavy atom. The summed E-state index contributed by atoms with van der Waals surface area (Å²) in [6.07, 6.45) is 3.83. The van der Waals surface area contributed by atoms with Gasteiger partial charge in [0, 0.05) is 18.3 Å². The van der Waals surface area contributed by atoms with Gasteiger partial charge >= 0.3 is 11.9 Å². The van der Waals surface area contributed by atoms with Gasteiger partial charge in [-0.25, -0.2) is 4.98 Å². The van der Waals surface area contributed by atoms with E-state index < -0.39 is 11.4 Å². The van der Waals surface area contributed by atoms with E-state index in [9.17, 15) is 9.59 Å². The van der Waals surface area contributed by atoms with Gasteiger partial charge in [-0.3, -0.25) is 14.6 Å². The van der Waals surface area contributed by atoms with Crippen LogP contribution in [0.15, 0.2) is 67.0 Å². The SMILES string of the molecule is CCOC(=O)C(CC)(CCC(=O)OCc1ccccc1)c1cncc(Nc2ccc(C)cc2)n1. The molecular weight excluding hydrogens is 430 g/mol. The molecule has 1 N–H and O–H groups in total. The molecule has 0 aliphatic heterocycles. The third-order valence-electron chi connectivity index (χ3n) is 5.72. The molecule has 7 heteroatoms. The second-order valence-corrected chi connectivity index (χ2v) is 8.08. The number of carbonyl (C=O) groups excluding carboxylic acids is 2. The van der Waals surface area contributed by atoms with Crippen LogP contribution in [-0.4, -0.2) is 28.5 Å². The molecule has 1 unspecified atom stereocenters. The average molecular weight is 462 g/mol. The fraction of sp³-hybridized carbons (Fsp3) is 0.333. The van der Waals surface area contributed by atoms with Gasteiger partial charge in [0.05, 0.1) is 18.5 Å². The number of rotatable bonds is 11. The first-order valence-electron chi connectivity index (χ1n) is 11.5. The fourth-order valence-corrected chi connectivity index (χ4v) is 3.67. The Kier molecular flexibility index (Phi) is 8.73. The molecular formula is C27H31N3O4. The number of hydrogen-bond donors (Lipinski definition) is 1. The summed E-state index contributed by atoms with van der Waals surface area (Å²) in [5.41, 5.74) is 2.27. The molecule has 0 radical (unpaired) electrons. The van der Waals surface area contributed by atoms with E-state index in [1.165, 1.54) is 0 Å². The molecule has 0 amide bonds. The van der Waals surface area contributed by atoms with Crippen molar-refractivity contribution in [1.82, 2.24) is 9.97 Å². The quantitative estimate of drug-likeness (QED) is 0.389. The van der Waals surface area contributed by atoms with Crippen molar-refractivity contribution in [2.24, 2.45) is 0 Å². The molecule has 7 nitrogen and oxygen atoms in total. The molecule has 34 heavy (non-hydrogen) atoms. The number of hydrogen-bond acceptors (Lipinski definition) is 7. The number of esters is 2.